The van der Waals surface area contributed by atoms with Gasteiger partial charge in [0.1, 0.15) is 5.75 Å². The van der Waals surface area contributed by atoms with Gasteiger partial charge < -0.3 is 10.5 Å². The smallest absolute Gasteiger partial charge is 0.123 e. The number of hydrogen-bond donors (Lipinski definition) is 1. The SMILES string of the molecule is CCC(C#N)C(N)c1cc(C(C)C)ccc1OC. The van der Waals surface area contributed by atoms with Crippen molar-refractivity contribution in [3.8, 4) is 11.8 Å². The van der Waals surface area contributed by atoms with Crippen LogP contribution in [0.2, 0.25) is 0 Å². The van der Waals surface area contributed by atoms with Crippen molar-refractivity contribution in [2.45, 2.75) is 39.2 Å². The van der Waals surface area contributed by atoms with E-state index in [2.05, 4.69) is 26.0 Å². The van der Waals surface area contributed by atoms with Crippen molar-refractivity contribution >= 4 is 0 Å². The predicted octanol–water partition coefficient (Wildman–Crippen LogP) is 3.37. The number of nitrogens with zero attached hydrogens (tertiary/aromatic N) is 1. The lowest BCUT2D eigenvalue weighted by Gasteiger charge is -2.21. The molecular formula is C15H22N2O. The number of rotatable bonds is 5. The fourth-order valence-electron chi connectivity index (χ4n) is 2.01. The van der Waals surface area contributed by atoms with Gasteiger partial charge in [-0.3, -0.25) is 0 Å². The van der Waals surface area contributed by atoms with E-state index in [1.165, 1.54) is 5.56 Å². The molecule has 0 saturated heterocycles. The third kappa shape index (κ3) is 3.02. The van der Waals surface area contributed by atoms with E-state index in [4.69, 9.17) is 15.7 Å². The van der Waals surface area contributed by atoms with Crippen molar-refractivity contribution in [1.82, 2.24) is 0 Å². The van der Waals surface area contributed by atoms with Gasteiger partial charge >= 0.3 is 0 Å². The lowest BCUT2D eigenvalue weighted by molar-refractivity contribution is 0.397. The van der Waals surface area contributed by atoms with Gasteiger partial charge in [-0.1, -0.05) is 32.9 Å². The Morgan fingerprint density at radius 1 is 1.39 bits per heavy atom. The van der Waals surface area contributed by atoms with Crippen LogP contribution in [0.25, 0.3) is 0 Å². The lowest BCUT2D eigenvalue weighted by atomic mass is 9.89. The summed E-state index contributed by atoms with van der Waals surface area (Å²) in [5.41, 5.74) is 8.35. The molecule has 3 heteroatoms. The van der Waals surface area contributed by atoms with Crippen molar-refractivity contribution in [2.24, 2.45) is 11.7 Å². The second-order valence-corrected chi connectivity index (χ2v) is 4.83. The van der Waals surface area contributed by atoms with Crippen molar-refractivity contribution in [1.29, 1.82) is 5.26 Å². The minimum Gasteiger partial charge on any atom is -0.496 e. The van der Waals surface area contributed by atoms with Crippen LogP contribution in [-0.4, -0.2) is 7.11 Å². The monoisotopic (exact) mass is 246 g/mol. The molecule has 1 aromatic rings. The first kappa shape index (κ1) is 14.5. The number of benzene rings is 1. The highest BCUT2D eigenvalue weighted by Gasteiger charge is 2.21. The summed E-state index contributed by atoms with van der Waals surface area (Å²) in [6, 6.07) is 8.02. The molecular weight excluding hydrogens is 224 g/mol. The number of nitrogens with two attached hydrogens (primary N) is 1. The first-order chi connectivity index (χ1) is 8.54. The van der Waals surface area contributed by atoms with E-state index in [0.29, 0.717) is 5.92 Å². The van der Waals surface area contributed by atoms with E-state index >= 15 is 0 Å². The summed E-state index contributed by atoms with van der Waals surface area (Å²) in [5, 5.41) is 9.13. The Hall–Kier alpha value is -1.53. The topological polar surface area (TPSA) is 59.0 Å². The summed E-state index contributed by atoms with van der Waals surface area (Å²) in [6.07, 6.45) is 0.743. The molecule has 0 saturated carbocycles. The molecule has 0 aliphatic heterocycles. The van der Waals surface area contributed by atoms with Gasteiger partial charge in [-0.15, -0.1) is 0 Å². The van der Waals surface area contributed by atoms with Crippen LogP contribution in [-0.2, 0) is 0 Å². The Morgan fingerprint density at radius 2 is 2.06 bits per heavy atom. The van der Waals surface area contributed by atoms with Crippen LogP contribution in [0.3, 0.4) is 0 Å². The molecule has 2 atom stereocenters. The van der Waals surface area contributed by atoms with E-state index in [-0.39, 0.29) is 12.0 Å². The van der Waals surface area contributed by atoms with E-state index < -0.39 is 0 Å². The Bertz CT molecular complexity index is 435. The average Bonchev–Trinajstić information content (AvgIpc) is 2.39. The molecule has 0 heterocycles. The number of methoxy groups -OCH3 is 1. The fraction of sp³-hybridized carbons (Fsp3) is 0.533. The van der Waals surface area contributed by atoms with Crippen molar-refractivity contribution in [3.63, 3.8) is 0 Å². The molecule has 0 fully saturated rings. The number of nitriles is 1. The van der Waals surface area contributed by atoms with Gasteiger partial charge in [0.15, 0.2) is 0 Å². The minimum atomic E-state index is -0.298. The second kappa shape index (κ2) is 6.42. The van der Waals surface area contributed by atoms with Crippen LogP contribution in [0.4, 0.5) is 0 Å². The highest BCUT2D eigenvalue weighted by atomic mass is 16.5. The van der Waals surface area contributed by atoms with Crippen LogP contribution in [0.15, 0.2) is 18.2 Å². The number of ether oxygens (including phenoxy) is 1. The van der Waals surface area contributed by atoms with Crippen LogP contribution < -0.4 is 10.5 Å². The predicted molar refractivity (Wildman–Crippen MR) is 73.4 cm³/mol. The van der Waals surface area contributed by atoms with Crippen molar-refractivity contribution < 1.29 is 4.74 Å². The Balaban J connectivity index is 3.19. The highest BCUT2D eigenvalue weighted by molar-refractivity contribution is 5.41. The largest absolute Gasteiger partial charge is 0.496 e. The highest BCUT2D eigenvalue weighted by Crippen LogP contribution is 2.32. The molecule has 98 valence electrons. The molecule has 18 heavy (non-hydrogen) atoms. The summed E-state index contributed by atoms with van der Waals surface area (Å²) >= 11 is 0. The zero-order valence-electron chi connectivity index (χ0n) is 11.6. The molecule has 0 amide bonds. The third-order valence-corrected chi connectivity index (χ3v) is 3.32. The zero-order valence-corrected chi connectivity index (χ0v) is 11.6. The van der Waals surface area contributed by atoms with E-state index in [9.17, 15) is 0 Å². The zero-order chi connectivity index (χ0) is 13.7. The van der Waals surface area contributed by atoms with Crippen LogP contribution >= 0.6 is 0 Å². The normalized spacial score (nSPS) is 14.1. The molecule has 2 N–H and O–H groups in total. The van der Waals surface area contributed by atoms with Crippen LogP contribution in [0.5, 0.6) is 5.75 Å². The van der Waals surface area contributed by atoms with Gasteiger partial charge in [-0.25, -0.2) is 0 Å². The molecule has 3 nitrogen and oxygen atoms in total. The molecule has 1 aromatic carbocycles. The van der Waals surface area contributed by atoms with Gasteiger partial charge in [0, 0.05) is 11.6 Å². The molecule has 1 rings (SSSR count). The Kier molecular flexibility index (Phi) is 5.18. The van der Waals surface area contributed by atoms with E-state index in [1.807, 2.05) is 19.1 Å². The molecule has 0 aliphatic rings. The lowest BCUT2D eigenvalue weighted by Crippen LogP contribution is -2.20. The van der Waals surface area contributed by atoms with Crippen LogP contribution in [0, 0.1) is 17.2 Å². The third-order valence-electron chi connectivity index (χ3n) is 3.32. The molecule has 0 aromatic heterocycles. The number of hydrogen-bond acceptors (Lipinski definition) is 3. The summed E-state index contributed by atoms with van der Waals surface area (Å²) < 4.78 is 5.35. The summed E-state index contributed by atoms with van der Waals surface area (Å²) in [4.78, 5) is 0. The molecule has 2 unspecified atom stereocenters. The van der Waals surface area contributed by atoms with Crippen molar-refractivity contribution in [3.05, 3.63) is 29.3 Å². The molecule has 0 spiro atoms. The second-order valence-electron chi connectivity index (χ2n) is 4.83. The average molecular weight is 246 g/mol. The first-order valence-corrected chi connectivity index (χ1v) is 6.38. The molecule has 0 radical (unpaired) electrons. The first-order valence-electron chi connectivity index (χ1n) is 6.38. The van der Waals surface area contributed by atoms with Gasteiger partial charge in [-0.05, 0) is 24.0 Å². The standard InChI is InChI=1S/C15H22N2O/c1-5-11(9-16)15(17)13-8-12(10(2)3)6-7-14(13)18-4/h6-8,10-11,15H,5,17H2,1-4H3. The summed E-state index contributed by atoms with van der Waals surface area (Å²) in [7, 11) is 1.63. The van der Waals surface area contributed by atoms with Gasteiger partial charge in [0.2, 0.25) is 0 Å². The maximum Gasteiger partial charge on any atom is 0.123 e. The minimum absolute atomic E-state index is 0.179. The summed E-state index contributed by atoms with van der Waals surface area (Å²) in [6.45, 7) is 6.25. The van der Waals surface area contributed by atoms with Gasteiger partial charge in [-0.2, -0.15) is 5.26 Å². The Labute approximate surface area is 110 Å². The maximum absolute atomic E-state index is 9.13. The fourth-order valence-corrected chi connectivity index (χ4v) is 2.01. The van der Waals surface area contributed by atoms with Crippen LogP contribution in [0.1, 0.15) is 50.3 Å². The summed E-state index contributed by atoms with van der Waals surface area (Å²) in [5.74, 6) is 1.02. The van der Waals surface area contributed by atoms with E-state index in [1.54, 1.807) is 7.11 Å². The molecule has 0 bridgehead atoms. The van der Waals surface area contributed by atoms with Gasteiger partial charge in [0.05, 0.1) is 19.1 Å². The Morgan fingerprint density at radius 3 is 2.50 bits per heavy atom. The quantitative estimate of drug-likeness (QED) is 0.866. The van der Waals surface area contributed by atoms with Gasteiger partial charge in [0.25, 0.3) is 0 Å². The molecule has 0 aliphatic carbocycles. The van der Waals surface area contributed by atoms with Crippen molar-refractivity contribution in [2.75, 3.05) is 7.11 Å². The maximum atomic E-state index is 9.13. The van der Waals surface area contributed by atoms with E-state index in [0.717, 1.165) is 17.7 Å².